The van der Waals surface area contributed by atoms with Crippen molar-refractivity contribution in [1.29, 1.82) is 5.26 Å². The van der Waals surface area contributed by atoms with Crippen molar-refractivity contribution in [2.75, 3.05) is 7.11 Å². The highest BCUT2D eigenvalue weighted by Gasteiger charge is 2.11. The molecule has 2 aromatic carbocycles. The number of aryl methyl sites for hydroxylation is 1. The molecular weight excluding hydrogens is 302 g/mol. The number of nitrogens with zero attached hydrogens (tertiary/aromatic N) is 2. The fraction of sp³-hybridized carbons (Fsp3) is 0.211. The van der Waals surface area contributed by atoms with Crippen LogP contribution in [0.2, 0.25) is 0 Å². The van der Waals surface area contributed by atoms with Crippen LogP contribution in [0, 0.1) is 18.3 Å². The number of aromatic amines is 1. The van der Waals surface area contributed by atoms with Crippen molar-refractivity contribution < 1.29 is 4.74 Å². The fourth-order valence-corrected chi connectivity index (χ4v) is 2.48. The first kappa shape index (κ1) is 17.2. The third-order valence-electron chi connectivity index (χ3n) is 3.46. The normalized spacial score (nSPS) is 9.79. The van der Waals surface area contributed by atoms with Gasteiger partial charge in [0.1, 0.15) is 17.3 Å². The molecule has 1 aromatic heterocycles. The van der Waals surface area contributed by atoms with Crippen molar-refractivity contribution >= 4 is 11.0 Å². The van der Waals surface area contributed by atoms with Crippen molar-refractivity contribution in [2.24, 2.45) is 0 Å². The van der Waals surface area contributed by atoms with Crippen LogP contribution in [0.25, 0.3) is 22.2 Å². The molecule has 3 aromatic rings. The first-order valence-electron chi connectivity index (χ1n) is 7.70. The van der Waals surface area contributed by atoms with Crippen LogP contribution in [-0.2, 0) is 0 Å². The van der Waals surface area contributed by atoms with Gasteiger partial charge in [-0.2, -0.15) is 5.26 Å². The van der Waals surface area contributed by atoms with E-state index in [2.05, 4.69) is 16.0 Å². The van der Waals surface area contributed by atoms with Crippen LogP contribution in [0.4, 0.5) is 0 Å². The number of aromatic nitrogens is 2. The monoisotopic (exact) mass is 321 g/mol. The highest BCUT2D eigenvalue weighted by atomic mass is 16.5. The van der Waals surface area contributed by atoms with Crippen molar-refractivity contribution in [3.63, 3.8) is 0 Å². The summed E-state index contributed by atoms with van der Waals surface area (Å²) in [7, 11) is 1.61. The van der Waals surface area contributed by atoms with Gasteiger partial charge in [-0.25, -0.2) is 4.98 Å². The summed E-state index contributed by atoms with van der Waals surface area (Å²) in [5.74, 6) is 0.735. The van der Waals surface area contributed by atoms with E-state index in [0.29, 0.717) is 16.6 Å². The highest BCUT2D eigenvalue weighted by molar-refractivity contribution is 5.94. The summed E-state index contributed by atoms with van der Waals surface area (Å²) < 4.78 is 5.30. The number of nitriles is 1. The van der Waals surface area contributed by atoms with Gasteiger partial charge in [-0.05, 0) is 36.2 Å². The average Bonchev–Trinajstić information content (AvgIpc) is 2.61. The van der Waals surface area contributed by atoms with Crippen molar-refractivity contribution in [3.05, 3.63) is 58.0 Å². The number of ether oxygens (including phenoxy) is 1. The second-order valence-electron chi connectivity index (χ2n) is 4.98. The summed E-state index contributed by atoms with van der Waals surface area (Å²) in [6.45, 7) is 5.97. The molecule has 0 saturated heterocycles. The Morgan fingerprint density at radius 3 is 2.62 bits per heavy atom. The third kappa shape index (κ3) is 3.28. The molecule has 5 heteroatoms. The van der Waals surface area contributed by atoms with E-state index in [9.17, 15) is 10.1 Å². The van der Waals surface area contributed by atoms with Gasteiger partial charge in [-0.1, -0.05) is 26.0 Å². The smallest absolute Gasteiger partial charge is 0.266 e. The van der Waals surface area contributed by atoms with Crippen LogP contribution in [-0.4, -0.2) is 17.1 Å². The van der Waals surface area contributed by atoms with Crippen LogP contribution >= 0.6 is 0 Å². The van der Waals surface area contributed by atoms with E-state index < -0.39 is 0 Å². The van der Waals surface area contributed by atoms with Crippen molar-refractivity contribution in [1.82, 2.24) is 9.97 Å². The molecule has 1 heterocycles. The van der Waals surface area contributed by atoms with Gasteiger partial charge in [0.2, 0.25) is 0 Å². The first-order chi connectivity index (χ1) is 11.6. The lowest BCUT2D eigenvalue weighted by Gasteiger charge is -2.10. The molecule has 1 N–H and O–H groups in total. The molecule has 0 amide bonds. The molecule has 0 fully saturated rings. The van der Waals surface area contributed by atoms with Crippen LogP contribution in [0.3, 0.4) is 0 Å². The second-order valence-corrected chi connectivity index (χ2v) is 4.98. The summed E-state index contributed by atoms with van der Waals surface area (Å²) in [6.07, 6.45) is 1.18. The lowest BCUT2D eigenvalue weighted by atomic mass is 9.99. The standard InChI is InChI=1S/C17H13N3O2.C2H6/c1-10-5-12(7-13(6-10)22-2)14-4-3-11(8-18)16-17(14)20-15(21)9-19-16;1-2/h3-7,9H,1-2H3,(H,20,21);1-2H3. The van der Waals surface area contributed by atoms with Crippen molar-refractivity contribution in [2.45, 2.75) is 20.8 Å². The summed E-state index contributed by atoms with van der Waals surface area (Å²) in [5, 5.41) is 9.19. The molecule has 0 radical (unpaired) electrons. The maximum absolute atomic E-state index is 11.6. The topological polar surface area (TPSA) is 78.8 Å². The lowest BCUT2D eigenvalue weighted by Crippen LogP contribution is -2.06. The van der Waals surface area contributed by atoms with Gasteiger partial charge in [-0.15, -0.1) is 0 Å². The Bertz CT molecular complexity index is 968. The Morgan fingerprint density at radius 1 is 1.21 bits per heavy atom. The Labute approximate surface area is 140 Å². The van der Waals surface area contributed by atoms with Gasteiger partial charge in [0.05, 0.1) is 24.4 Å². The Hall–Kier alpha value is -3.13. The average molecular weight is 321 g/mol. The number of fused-ring (bicyclic) bond motifs is 1. The van der Waals surface area contributed by atoms with E-state index in [-0.39, 0.29) is 5.56 Å². The SMILES string of the molecule is CC.COc1cc(C)cc(-c2ccc(C#N)c3ncc(=O)[nH]c23)c1. The minimum Gasteiger partial charge on any atom is -0.497 e. The van der Waals surface area contributed by atoms with Gasteiger partial charge in [0.15, 0.2) is 0 Å². The summed E-state index contributed by atoms with van der Waals surface area (Å²) in [4.78, 5) is 18.5. The Morgan fingerprint density at radius 2 is 1.96 bits per heavy atom. The Kier molecular flexibility index (Phi) is 5.33. The van der Waals surface area contributed by atoms with E-state index >= 15 is 0 Å². The number of H-pyrrole nitrogens is 1. The molecule has 0 atom stereocenters. The zero-order chi connectivity index (χ0) is 17.7. The second kappa shape index (κ2) is 7.42. The maximum Gasteiger partial charge on any atom is 0.266 e. The van der Waals surface area contributed by atoms with Gasteiger partial charge in [-0.3, -0.25) is 4.79 Å². The molecule has 0 bridgehead atoms. The van der Waals surface area contributed by atoms with Crippen LogP contribution in [0.15, 0.2) is 41.3 Å². The maximum atomic E-state index is 11.6. The molecule has 0 aliphatic heterocycles. The van der Waals surface area contributed by atoms with Gasteiger partial charge >= 0.3 is 0 Å². The highest BCUT2D eigenvalue weighted by Crippen LogP contribution is 2.31. The number of hydrogen-bond acceptors (Lipinski definition) is 4. The van der Waals surface area contributed by atoms with Crippen LogP contribution in [0.1, 0.15) is 25.0 Å². The van der Waals surface area contributed by atoms with Crippen LogP contribution < -0.4 is 10.3 Å². The summed E-state index contributed by atoms with van der Waals surface area (Å²) in [5.41, 5.74) is 3.91. The van der Waals surface area contributed by atoms with E-state index in [1.54, 1.807) is 13.2 Å². The quantitative estimate of drug-likeness (QED) is 0.778. The molecule has 0 saturated carbocycles. The summed E-state index contributed by atoms with van der Waals surface area (Å²) >= 11 is 0. The van der Waals surface area contributed by atoms with Gasteiger partial charge < -0.3 is 9.72 Å². The minimum absolute atomic E-state index is 0.302. The number of rotatable bonds is 2. The largest absolute Gasteiger partial charge is 0.497 e. The van der Waals surface area contributed by atoms with Crippen LogP contribution in [0.5, 0.6) is 5.75 Å². The van der Waals surface area contributed by atoms with Crippen molar-refractivity contribution in [3.8, 4) is 22.9 Å². The number of hydrogen-bond donors (Lipinski definition) is 1. The zero-order valence-electron chi connectivity index (χ0n) is 14.2. The van der Waals surface area contributed by atoms with E-state index in [4.69, 9.17) is 4.74 Å². The molecule has 24 heavy (non-hydrogen) atoms. The predicted molar refractivity (Wildman–Crippen MR) is 95.2 cm³/mol. The van der Waals surface area contributed by atoms with Gasteiger partial charge in [0, 0.05) is 5.56 Å². The molecule has 0 unspecified atom stereocenters. The molecular formula is C19H19N3O2. The molecule has 0 aliphatic rings. The lowest BCUT2D eigenvalue weighted by molar-refractivity contribution is 0.414. The summed E-state index contributed by atoms with van der Waals surface area (Å²) in [6, 6.07) is 11.4. The van der Waals surface area contributed by atoms with E-state index in [1.807, 2.05) is 45.0 Å². The Balaban J connectivity index is 0.00000100. The molecule has 0 spiro atoms. The predicted octanol–water partition coefficient (Wildman–Crippen LogP) is 3.81. The number of nitrogens with one attached hydrogen (secondary N) is 1. The zero-order valence-corrected chi connectivity index (χ0v) is 14.2. The first-order valence-corrected chi connectivity index (χ1v) is 7.70. The molecule has 5 nitrogen and oxygen atoms in total. The minimum atomic E-state index is -0.302. The molecule has 0 aliphatic carbocycles. The number of benzene rings is 2. The fourth-order valence-electron chi connectivity index (χ4n) is 2.48. The van der Waals surface area contributed by atoms with Gasteiger partial charge in [0.25, 0.3) is 5.56 Å². The number of methoxy groups -OCH3 is 1. The third-order valence-corrected chi connectivity index (χ3v) is 3.46. The molecule has 3 rings (SSSR count). The van der Waals surface area contributed by atoms with E-state index in [1.165, 1.54) is 6.20 Å². The van der Waals surface area contributed by atoms with E-state index in [0.717, 1.165) is 22.4 Å². The molecule has 122 valence electrons.